The fourth-order valence-electron chi connectivity index (χ4n) is 4.46. The quantitative estimate of drug-likeness (QED) is 0.849. The zero-order valence-electron chi connectivity index (χ0n) is 15.1. The highest BCUT2D eigenvalue weighted by molar-refractivity contribution is 6.00. The van der Waals surface area contributed by atoms with E-state index in [4.69, 9.17) is 0 Å². The maximum absolute atomic E-state index is 13.4. The Morgan fingerprint density at radius 1 is 0.962 bits per heavy atom. The van der Waals surface area contributed by atoms with Crippen molar-refractivity contribution < 1.29 is 9.59 Å². The van der Waals surface area contributed by atoms with Gasteiger partial charge in [-0.3, -0.25) is 9.59 Å². The summed E-state index contributed by atoms with van der Waals surface area (Å²) in [6, 6.07) is 19.4. The van der Waals surface area contributed by atoms with Crippen LogP contribution in [0.2, 0.25) is 0 Å². The molecule has 2 aliphatic heterocycles. The van der Waals surface area contributed by atoms with Crippen molar-refractivity contribution in [3.8, 4) is 0 Å². The maximum atomic E-state index is 13.4. The van der Waals surface area contributed by atoms with Gasteiger partial charge in [0.15, 0.2) is 0 Å². The fraction of sp³-hybridized carbons (Fsp3) is 0.364. The summed E-state index contributed by atoms with van der Waals surface area (Å²) in [6.45, 7) is 3.44. The first-order valence-electron chi connectivity index (χ1n) is 9.36. The van der Waals surface area contributed by atoms with Crippen LogP contribution in [0.15, 0.2) is 60.7 Å². The molecule has 0 bridgehead atoms. The first kappa shape index (κ1) is 16.8. The molecule has 0 unspecified atom stereocenters. The van der Waals surface area contributed by atoms with E-state index < -0.39 is 5.54 Å². The second-order valence-electron chi connectivity index (χ2n) is 7.29. The average molecular weight is 348 g/mol. The lowest BCUT2D eigenvalue weighted by Crippen LogP contribution is -2.53. The molecule has 2 aromatic carbocycles. The molecule has 26 heavy (non-hydrogen) atoms. The van der Waals surface area contributed by atoms with E-state index in [1.165, 1.54) is 0 Å². The summed E-state index contributed by atoms with van der Waals surface area (Å²) in [4.78, 5) is 30.3. The Balaban J connectivity index is 1.60. The molecule has 2 heterocycles. The molecule has 134 valence electrons. The van der Waals surface area contributed by atoms with Crippen LogP contribution in [0.3, 0.4) is 0 Å². The summed E-state index contributed by atoms with van der Waals surface area (Å²) in [6.07, 6.45) is 2.38. The predicted molar refractivity (Wildman–Crippen MR) is 101 cm³/mol. The van der Waals surface area contributed by atoms with Crippen molar-refractivity contribution in [2.75, 3.05) is 13.1 Å². The van der Waals surface area contributed by atoms with Crippen LogP contribution in [0.4, 0.5) is 0 Å². The summed E-state index contributed by atoms with van der Waals surface area (Å²) in [5.41, 5.74) is 1.14. The Labute approximate surface area is 154 Å². The van der Waals surface area contributed by atoms with E-state index in [0.29, 0.717) is 18.7 Å². The Kier molecular flexibility index (Phi) is 4.27. The van der Waals surface area contributed by atoms with Gasteiger partial charge in [-0.15, -0.1) is 0 Å². The molecule has 4 rings (SSSR count). The van der Waals surface area contributed by atoms with Gasteiger partial charge in [-0.1, -0.05) is 48.5 Å². The molecule has 2 aromatic rings. The third-order valence-corrected chi connectivity index (χ3v) is 5.93. The normalized spacial score (nSPS) is 23.7. The van der Waals surface area contributed by atoms with Gasteiger partial charge in [-0.2, -0.15) is 0 Å². The Morgan fingerprint density at radius 2 is 1.62 bits per heavy atom. The summed E-state index contributed by atoms with van der Waals surface area (Å²) in [7, 11) is 0. The van der Waals surface area contributed by atoms with Crippen LogP contribution in [0.5, 0.6) is 0 Å². The average Bonchev–Trinajstić information content (AvgIpc) is 3.27. The van der Waals surface area contributed by atoms with Crippen molar-refractivity contribution in [3.63, 3.8) is 0 Å². The van der Waals surface area contributed by atoms with Crippen LogP contribution in [-0.4, -0.2) is 40.2 Å². The number of likely N-dealkylation sites (tertiary alicyclic amines) is 2. The number of hydrogen-bond acceptors (Lipinski definition) is 2. The second-order valence-corrected chi connectivity index (χ2v) is 7.29. The second kappa shape index (κ2) is 6.60. The molecule has 0 aliphatic carbocycles. The Hall–Kier alpha value is -2.62. The molecule has 0 N–H and O–H groups in total. The van der Waals surface area contributed by atoms with Gasteiger partial charge in [0.05, 0.1) is 6.04 Å². The van der Waals surface area contributed by atoms with Crippen molar-refractivity contribution in [1.29, 1.82) is 0 Å². The topological polar surface area (TPSA) is 40.6 Å². The van der Waals surface area contributed by atoms with Gasteiger partial charge < -0.3 is 9.80 Å². The van der Waals surface area contributed by atoms with Gasteiger partial charge >= 0.3 is 0 Å². The van der Waals surface area contributed by atoms with E-state index in [-0.39, 0.29) is 17.9 Å². The van der Waals surface area contributed by atoms with Crippen molar-refractivity contribution >= 4 is 11.8 Å². The van der Waals surface area contributed by atoms with E-state index >= 15 is 0 Å². The number of amides is 2. The number of carbonyl (C=O) groups excluding carboxylic acids is 2. The van der Waals surface area contributed by atoms with Crippen molar-refractivity contribution in [1.82, 2.24) is 9.80 Å². The van der Waals surface area contributed by atoms with Crippen molar-refractivity contribution in [2.24, 2.45) is 0 Å². The molecule has 4 nitrogen and oxygen atoms in total. The van der Waals surface area contributed by atoms with Crippen LogP contribution < -0.4 is 0 Å². The highest BCUT2D eigenvalue weighted by atomic mass is 16.2. The molecule has 0 aromatic heterocycles. The Bertz CT molecular complexity index is 805. The monoisotopic (exact) mass is 348 g/mol. The zero-order valence-corrected chi connectivity index (χ0v) is 15.1. The minimum atomic E-state index is -0.657. The van der Waals surface area contributed by atoms with Crippen LogP contribution in [0.1, 0.15) is 48.1 Å². The molecule has 2 aliphatic rings. The lowest BCUT2D eigenvalue weighted by molar-refractivity contribution is -0.137. The van der Waals surface area contributed by atoms with Gasteiger partial charge in [0.2, 0.25) is 5.91 Å². The smallest absolute Gasteiger partial charge is 0.254 e. The first-order chi connectivity index (χ1) is 12.6. The minimum Gasteiger partial charge on any atom is -0.334 e. The molecule has 4 heteroatoms. The van der Waals surface area contributed by atoms with Crippen molar-refractivity contribution in [2.45, 2.75) is 37.8 Å². The summed E-state index contributed by atoms with van der Waals surface area (Å²) < 4.78 is 0. The summed E-state index contributed by atoms with van der Waals surface area (Å²) in [5.74, 6) is 0.0845. The molecular formula is C22H24N2O2. The third-order valence-electron chi connectivity index (χ3n) is 5.93. The highest BCUT2D eigenvalue weighted by Gasteiger charge is 2.55. The molecule has 2 amide bonds. The maximum Gasteiger partial charge on any atom is 0.254 e. The SMILES string of the molecule is C[C@H](c1ccccc1)N1CC[C@]2(CCCN2C(=O)c2ccccc2)C1=O. The summed E-state index contributed by atoms with van der Waals surface area (Å²) in [5, 5.41) is 0. The number of carbonyl (C=O) groups is 2. The van der Waals surface area contributed by atoms with E-state index in [2.05, 4.69) is 19.1 Å². The van der Waals surface area contributed by atoms with E-state index in [0.717, 1.165) is 24.8 Å². The Morgan fingerprint density at radius 3 is 2.31 bits per heavy atom. The number of hydrogen-bond donors (Lipinski definition) is 0. The molecular weight excluding hydrogens is 324 g/mol. The van der Waals surface area contributed by atoms with Gasteiger partial charge in [-0.25, -0.2) is 0 Å². The molecule has 0 radical (unpaired) electrons. The standard InChI is InChI=1S/C22H24N2O2/c1-17(18-9-4-2-5-10-18)23-16-14-22(21(23)26)13-8-15-24(22)20(25)19-11-6-3-7-12-19/h2-7,9-12,17H,8,13-16H2,1H3/t17-,22-/m1/s1. The van der Waals surface area contributed by atoms with E-state index in [1.807, 2.05) is 58.3 Å². The van der Waals surface area contributed by atoms with Crippen molar-refractivity contribution in [3.05, 3.63) is 71.8 Å². The van der Waals surface area contributed by atoms with Crippen LogP contribution >= 0.6 is 0 Å². The fourth-order valence-corrected chi connectivity index (χ4v) is 4.46. The van der Waals surface area contributed by atoms with E-state index in [1.54, 1.807) is 0 Å². The number of rotatable bonds is 3. The lowest BCUT2D eigenvalue weighted by atomic mass is 9.93. The van der Waals surface area contributed by atoms with E-state index in [9.17, 15) is 9.59 Å². The molecule has 2 atom stereocenters. The third kappa shape index (κ3) is 2.61. The van der Waals surface area contributed by atoms with Crippen LogP contribution in [-0.2, 0) is 4.79 Å². The van der Waals surface area contributed by atoms with Gasteiger partial charge in [0.25, 0.3) is 5.91 Å². The van der Waals surface area contributed by atoms with Crippen LogP contribution in [0.25, 0.3) is 0 Å². The zero-order chi connectivity index (χ0) is 18.1. The molecule has 2 saturated heterocycles. The summed E-state index contributed by atoms with van der Waals surface area (Å²) >= 11 is 0. The largest absolute Gasteiger partial charge is 0.334 e. The molecule has 1 spiro atoms. The number of nitrogens with zero attached hydrogens (tertiary/aromatic N) is 2. The van der Waals surface area contributed by atoms with Gasteiger partial charge in [-0.05, 0) is 43.9 Å². The van der Waals surface area contributed by atoms with Gasteiger partial charge in [0.1, 0.15) is 5.54 Å². The minimum absolute atomic E-state index is 0.0225. The predicted octanol–water partition coefficient (Wildman–Crippen LogP) is 3.65. The van der Waals surface area contributed by atoms with Gasteiger partial charge in [0, 0.05) is 18.7 Å². The first-order valence-corrected chi connectivity index (χ1v) is 9.36. The number of benzene rings is 2. The lowest BCUT2D eigenvalue weighted by Gasteiger charge is -2.34. The highest BCUT2D eigenvalue weighted by Crippen LogP contribution is 2.42. The van der Waals surface area contributed by atoms with Crippen LogP contribution in [0, 0.1) is 0 Å². The molecule has 2 fully saturated rings. The molecule has 0 saturated carbocycles.